The van der Waals surface area contributed by atoms with Crippen molar-refractivity contribution >= 4 is 119 Å². The Bertz CT molecular complexity index is 9020. The van der Waals surface area contributed by atoms with Crippen LogP contribution >= 0.6 is 0 Å². The molecule has 22 aromatic carbocycles. The molecule has 0 aliphatic carbocycles. The minimum absolute atomic E-state index is 0.627. The smallest absolute Gasteiger partial charge is 0.235 e. The van der Waals surface area contributed by atoms with Gasteiger partial charge in [-0.3, -0.25) is 9.13 Å². The zero-order valence-electron chi connectivity index (χ0n) is 71.9. The summed E-state index contributed by atoms with van der Waals surface area (Å²) in [6, 6.07) is 175. The minimum atomic E-state index is 0.627. The van der Waals surface area contributed by atoms with Gasteiger partial charge in [0.1, 0.15) is 0 Å². The van der Waals surface area contributed by atoms with Crippen LogP contribution in [-0.2, 0) is 0 Å². The lowest BCUT2D eigenvalue weighted by Crippen LogP contribution is -2.04. The fourth-order valence-corrected chi connectivity index (χ4v) is 19.9. The second-order valence-corrected chi connectivity index (χ2v) is 34.4. The van der Waals surface area contributed by atoms with Crippen molar-refractivity contribution in [2.45, 2.75) is 0 Å². The van der Waals surface area contributed by atoms with Gasteiger partial charge in [0.05, 0.1) is 44.5 Å². The molecule has 0 bridgehead atoms. The predicted molar refractivity (Wildman–Crippen MR) is 555 cm³/mol. The molecule has 6 heteroatoms. The van der Waals surface area contributed by atoms with Gasteiger partial charge >= 0.3 is 0 Å². The highest BCUT2D eigenvalue weighted by atomic mass is 15.2. The van der Waals surface area contributed by atoms with Gasteiger partial charge in [-0.1, -0.05) is 400 Å². The summed E-state index contributed by atoms with van der Waals surface area (Å²) in [6.07, 6.45) is 0. The zero-order chi connectivity index (χ0) is 87.1. The van der Waals surface area contributed by atoms with Crippen molar-refractivity contribution in [3.05, 3.63) is 485 Å². The molecule has 4 aromatic heterocycles. The highest BCUT2D eigenvalue weighted by molar-refractivity contribution is 6.17. The van der Waals surface area contributed by atoms with Gasteiger partial charge in [-0.05, 0) is 239 Å². The summed E-state index contributed by atoms with van der Waals surface area (Å²) >= 11 is 0. The molecule has 132 heavy (non-hydrogen) atoms. The van der Waals surface area contributed by atoms with Crippen molar-refractivity contribution in [3.63, 3.8) is 0 Å². The van der Waals surface area contributed by atoms with Crippen LogP contribution in [0.3, 0.4) is 0 Å². The second kappa shape index (κ2) is 32.4. The first-order valence-electron chi connectivity index (χ1n) is 45.1. The molecule has 26 rings (SSSR count). The van der Waals surface area contributed by atoms with Crippen molar-refractivity contribution in [2.24, 2.45) is 0 Å². The van der Waals surface area contributed by atoms with Gasteiger partial charge in [-0.15, -0.1) is 0 Å². The Balaban J connectivity index is 0.000000142. The molecule has 6 nitrogen and oxygen atoms in total. The average molecular weight is 1680 g/mol. The summed E-state index contributed by atoms with van der Waals surface area (Å²) < 4.78 is 4.56. The van der Waals surface area contributed by atoms with Crippen LogP contribution in [0.1, 0.15) is 0 Å². The van der Waals surface area contributed by atoms with Gasteiger partial charge in [0.2, 0.25) is 11.9 Å². The molecule has 0 atom stereocenters. The molecule has 0 radical (unpaired) electrons. The third-order valence-corrected chi connectivity index (χ3v) is 26.6. The lowest BCUT2D eigenvalue weighted by molar-refractivity contribution is 1.01. The lowest BCUT2D eigenvalue weighted by Gasteiger charge is -2.17. The van der Waals surface area contributed by atoms with Gasteiger partial charge < -0.3 is 0 Å². The maximum Gasteiger partial charge on any atom is 0.235 e. The molecular weight excluding hydrogens is 1600 g/mol. The molecule has 0 fully saturated rings. The van der Waals surface area contributed by atoms with Crippen LogP contribution in [0, 0.1) is 0 Å². The molecule has 4 heterocycles. The maximum absolute atomic E-state index is 5.70. The molecule has 0 aliphatic rings. The summed E-state index contributed by atoms with van der Waals surface area (Å²) in [5.41, 5.74) is 30.7. The topological polar surface area (TPSA) is 61.4 Å². The predicted octanol–water partition coefficient (Wildman–Crippen LogP) is 33.6. The molecule has 0 saturated heterocycles. The molecular formula is C126H80N6. The van der Waals surface area contributed by atoms with E-state index in [0.717, 1.165) is 143 Å². The van der Waals surface area contributed by atoms with Crippen LogP contribution in [0.25, 0.3) is 254 Å². The summed E-state index contributed by atoms with van der Waals surface area (Å²) in [7, 11) is 0. The Kier molecular flexibility index (Phi) is 18.8. The van der Waals surface area contributed by atoms with Gasteiger partial charge in [0, 0.05) is 43.4 Å². The Hall–Kier alpha value is -17.6. The highest BCUT2D eigenvalue weighted by Crippen LogP contribution is 2.47. The van der Waals surface area contributed by atoms with E-state index in [1.807, 2.05) is 0 Å². The summed E-state index contributed by atoms with van der Waals surface area (Å²) in [4.78, 5) is 22.6. The van der Waals surface area contributed by atoms with Crippen LogP contribution in [0.5, 0.6) is 0 Å². The first kappa shape index (κ1) is 76.8. The van der Waals surface area contributed by atoms with Crippen molar-refractivity contribution in [3.8, 4) is 135 Å². The Morgan fingerprint density at radius 1 is 0.129 bits per heavy atom. The summed E-state index contributed by atoms with van der Waals surface area (Å²) in [6.45, 7) is 0. The molecule has 0 amide bonds. The standard InChI is InChI=1S/C64H41N3.C62H39N3/c1-4-14-42(15-5-1)45-24-29-48(30-25-45)55-40-59-60(41-56(55)47-19-8-3-9-20-47)65-64(66-63(59)49-31-26-46(27-32-49)43-16-6-2-7-17-43)67-61-35-34-54(53-33-28-44-18-10-11-21-50(44)36-53)38-57(61)58-37-51-22-12-13-23-52(51)39-62(58)67;1-3-14-40(15-4-1)42-26-29-45(30-27-42)53-38-57-58(39-54(53)44-17-5-2-6-18-44)63-62(64-61(57)52-25-13-23-43-19-11-12-24-51(43)52)65-59-33-32-50(49-31-28-41-16-7-8-20-46(41)34-49)36-55(59)56-35-47-21-9-10-22-48(47)37-60(56)65/h1-41H;1-39H. The number of aromatic nitrogens is 6. The third kappa shape index (κ3) is 13.9. The summed E-state index contributed by atoms with van der Waals surface area (Å²) in [5.74, 6) is 1.26. The molecule has 26 aromatic rings. The molecule has 0 spiro atoms. The minimum Gasteiger partial charge on any atom is -0.278 e. The fraction of sp³-hybridized carbons (Fsp3) is 0. The SMILES string of the molecule is c1ccc(-c2ccc(-c3cc4c(-c5ccc(-c6ccccc6)cc5)nc(-n5c6ccc(-c7ccc8ccccc8c7)cc6c6cc7ccccc7cc65)nc4cc3-c3ccccc3)cc2)cc1.c1ccc(-c2ccc(-c3cc4c(-c5cccc6ccccc56)nc(-n5c6ccc(-c7ccc8ccccc8c7)cc6c6cc7ccccc7cc65)nc4cc3-c3ccccc3)cc2)cc1. The van der Waals surface area contributed by atoms with E-state index in [-0.39, 0.29) is 0 Å². The average Bonchev–Trinajstić information content (AvgIpc) is 1.65. The monoisotopic (exact) mass is 1680 g/mol. The van der Waals surface area contributed by atoms with Crippen molar-refractivity contribution in [1.29, 1.82) is 0 Å². The zero-order valence-corrected chi connectivity index (χ0v) is 71.9. The number of benzene rings is 22. The Morgan fingerprint density at radius 2 is 0.409 bits per heavy atom. The quantitative estimate of drug-likeness (QED) is 0.115. The van der Waals surface area contributed by atoms with Gasteiger partial charge in [0.25, 0.3) is 0 Å². The fourth-order valence-electron chi connectivity index (χ4n) is 19.9. The van der Waals surface area contributed by atoms with Gasteiger partial charge in [0.15, 0.2) is 0 Å². The number of nitrogens with zero attached hydrogens (tertiary/aromatic N) is 6. The first-order chi connectivity index (χ1) is 65.4. The number of fused-ring (bicyclic) bond motifs is 13. The van der Waals surface area contributed by atoms with E-state index in [9.17, 15) is 0 Å². The molecule has 0 saturated carbocycles. The van der Waals surface area contributed by atoms with Crippen LogP contribution in [0.2, 0.25) is 0 Å². The first-order valence-corrected chi connectivity index (χ1v) is 45.1. The molecule has 614 valence electrons. The van der Waals surface area contributed by atoms with Gasteiger partial charge in [-0.25, -0.2) is 19.9 Å². The van der Waals surface area contributed by atoms with Crippen molar-refractivity contribution in [2.75, 3.05) is 0 Å². The van der Waals surface area contributed by atoms with Crippen LogP contribution in [0.4, 0.5) is 0 Å². The van der Waals surface area contributed by atoms with Crippen LogP contribution in [0.15, 0.2) is 485 Å². The van der Waals surface area contributed by atoms with Crippen LogP contribution in [-0.4, -0.2) is 29.1 Å². The van der Waals surface area contributed by atoms with Crippen LogP contribution < -0.4 is 0 Å². The normalized spacial score (nSPS) is 11.6. The highest BCUT2D eigenvalue weighted by Gasteiger charge is 2.26. The molecule has 0 unspecified atom stereocenters. The molecule has 0 N–H and O–H groups in total. The third-order valence-electron chi connectivity index (χ3n) is 26.6. The van der Waals surface area contributed by atoms with E-state index in [2.05, 4.69) is 494 Å². The Morgan fingerprint density at radius 3 is 0.833 bits per heavy atom. The number of hydrogen-bond acceptors (Lipinski definition) is 4. The van der Waals surface area contributed by atoms with Gasteiger partial charge in [-0.2, -0.15) is 0 Å². The van der Waals surface area contributed by atoms with E-state index in [4.69, 9.17) is 19.9 Å². The second-order valence-electron chi connectivity index (χ2n) is 34.4. The molecule has 0 aliphatic heterocycles. The lowest BCUT2D eigenvalue weighted by atomic mass is 9.90. The number of hydrogen-bond donors (Lipinski definition) is 0. The van der Waals surface area contributed by atoms with Crippen molar-refractivity contribution < 1.29 is 0 Å². The largest absolute Gasteiger partial charge is 0.278 e. The summed E-state index contributed by atoms with van der Waals surface area (Å²) in [5, 5.41) is 18.6. The van der Waals surface area contributed by atoms with E-state index in [0.29, 0.717) is 11.9 Å². The number of rotatable bonds is 13. The van der Waals surface area contributed by atoms with Crippen molar-refractivity contribution in [1.82, 2.24) is 29.1 Å². The van der Waals surface area contributed by atoms with E-state index in [1.54, 1.807) is 0 Å². The van der Waals surface area contributed by atoms with E-state index in [1.165, 1.54) is 98.5 Å². The van der Waals surface area contributed by atoms with E-state index < -0.39 is 0 Å². The Labute approximate surface area is 762 Å². The maximum atomic E-state index is 5.70. The van der Waals surface area contributed by atoms with E-state index >= 15 is 0 Å².